The second kappa shape index (κ2) is 6.46. The molecular weight excluding hydrogens is 252 g/mol. The Morgan fingerprint density at radius 3 is 2.67 bits per heavy atom. The SMILES string of the molecule is Cc1cnc(NC(=O)CNC(=O)[C@@H](N)C(C)C)s1. The highest BCUT2D eigenvalue weighted by molar-refractivity contribution is 7.15. The van der Waals surface area contributed by atoms with E-state index in [0.29, 0.717) is 5.13 Å². The second-order valence-corrected chi connectivity index (χ2v) is 5.55. The van der Waals surface area contributed by atoms with E-state index < -0.39 is 6.04 Å². The highest BCUT2D eigenvalue weighted by Gasteiger charge is 2.17. The van der Waals surface area contributed by atoms with Gasteiger partial charge in [-0.2, -0.15) is 0 Å². The number of nitrogens with zero attached hydrogens (tertiary/aromatic N) is 1. The molecule has 0 aliphatic rings. The maximum absolute atomic E-state index is 11.5. The Balaban J connectivity index is 2.35. The Kier molecular flexibility index (Phi) is 5.24. The largest absolute Gasteiger partial charge is 0.346 e. The van der Waals surface area contributed by atoms with Crippen molar-refractivity contribution in [2.75, 3.05) is 11.9 Å². The lowest BCUT2D eigenvalue weighted by Gasteiger charge is -2.14. The highest BCUT2D eigenvalue weighted by Crippen LogP contribution is 2.15. The predicted molar refractivity (Wildman–Crippen MR) is 71.3 cm³/mol. The summed E-state index contributed by atoms with van der Waals surface area (Å²) < 4.78 is 0. The van der Waals surface area contributed by atoms with E-state index in [0.717, 1.165) is 4.88 Å². The van der Waals surface area contributed by atoms with E-state index in [4.69, 9.17) is 5.73 Å². The summed E-state index contributed by atoms with van der Waals surface area (Å²) in [6, 6.07) is -0.597. The molecule has 1 rings (SSSR count). The summed E-state index contributed by atoms with van der Waals surface area (Å²) in [6.45, 7) is 5.50. The summed E-state index contributed by atoms with van der Waals surface area (Å²) in [5, 5.41) is 5.62. The monoisotopic (exact) mass is 270 g/mol. The van der Waals surface area contributed by atoms with E-state index in [1.54, 1.807) is 6.20 Å². The maximum Gasteiger partial charge on any atom is 0.245 e. The Bertz CT molecular complexity index is 430. The molecule has 1 aromatic rings. The second-order valence-electron chi connectivity index (χ2n) is 4.31. The number of amides is 2. The number of carbonyl (C=O) groups excluding carboxylic acids is 2. The van der Waals surface area contributed by atoms with Crippen LogP contribution in [0.25, 0.3) is 0 Å². The zero-order valence-corrected chi connectivity index (χ0v) is 11.5. The van der Waals surface area contributed by atoms with Crippen LogP contribution in [-0.4, -0.2) is 29.4 Å². The minimum atomic E-state index is -0.597. The van der Waals surface area contributed by atoms with Gasteiger partial charge in [0.15, 0.2) is 5.13 Å². The molecule has 0 aliphatic heterocycles. The number of nitrogens with one attached hydrogen (secondary N) is 2. The zero-order valence-electron chi connectivity index (χ0n) is 10.7. The van der Waals surface area contributed by atoms with E-state index in [1.807, 2.05) is 20.8 Å². The van der Waals surface area contributed by atoms with E-state index in [1.165, 1.54) is 11.3 Å². The van der Waals surface area contributed by atoms with Crippen LogP contribution in [0.3, 0.4) is 0 Å². The molecule has 6 nitrogen and oxygen atoms in total. The van der Waals surface area contributed by atoms with Gasteiger partial charge in [0.25, 0.3) is 0 Å². The van der Waals surface area contributed by atoms with Crippen LogP contribution in [0.15, 0.2) is 6.20 Å². The molecule has 0 saturated carbocycles. The fourth-order valence-corrected chi connectivity index (χ4v) is 1.84. The third kappa shape index (κ3) is 4.42. The van der Waals surface area contributed by atoms with Crippen LogP contribution in [0.5, 0.6) is 0 Å². The first-order valence-electron chi connectivity index (χ1n) is 5.65. The smallest absolute Gasteiger partial charge is 0.245 e. The van der Waals surface area contributed by atoms with Gasteiger partial charge in [0.05, 0.1) is 12.6 Å². The van der Waals surface area contributed by atoms with Crippen LogP contribution in [0.1, 0.15) is 18.7 Å². The summed E-state index contributed by atoms with van der Waals surface area (Å²) in [5.74, 6) is -0.598. The molecule has 100 valence electrons. The van der Waals surface area contributed by atoms with Gasteiger partial charge in [-0.3, -0.25) is 9.59 Å². The molecule has 0 aliphatic carbocycles. The highest BCUT2D eigenvalue weighted by atomic mass is 32.1. The molecule has 2 amide bonds. The Morgan fingerprint density at radius 2 is 2.17 bits per heavy atom. The van der Waals surface area contributed by atoms with Crippen molar-refractivity contribution in [2.45, 2.75) is 26.8 Å². The lowest BCUT2D eigenvalue weighted by Crippen LogP contribution is -2.46. The van der Waals surface area contributed by atoms with Crippen LogP contribution in [0, 0.1) is 12.8 Å². The summed E-state index contributed by atoms with van der Waals surface area (Å²) in [4.78, 5) is 28.0. The van der Waals surface area contributed by atoms with Crippen molar-refractivity contribution in [3.05, 3.63) is 11.1 Å². The molecule has 1 aromatic heterocycles. The van der Waals surface area contributed by atoms with Gasteiger partial charge >= 0.3 is 0 Å². The van der Waals surface area contributed by atoms with Crippen LogP contribution < -0.4 is 16.4 Å². The summed E-state index contributed by atoms with van der Waals surface area (Å²) in [5.41, 5.74) is 5.65. The summed E-state index contributed by atoms with van der Waals surface area (Å²) in [6.07, 6.45) is 1.67. The lowest BCUT2D eigenvalue weighted by molar-refractivity contribution is -0.125. The van der Waals surface area contributed by atoms with Gasteiger partial charge in [0.2, 0.25) is 11.8 Å². The molecule has 0 spiro atoms. The van der Waals surface area contributed by atoms with Gasteiger partial charge in [0, 0.05) is 11.1 Å². The quantitative estimate of drug-likeness (QED) is 0.725. The number of hydrogen-bond donors (Lipinski definition) is 3. The molecule has 1 atom stereocenters. The number of hydrogen-bond acceptors (Lipinski definition) is 5. The first-order chi connectivity index (χ1) is 8.40. The number of nitrogens with two attached hydrogens (primary N) is 1. The Morgan fingerprint density at radius 1 is 1.50 bits per heavy atom. The fraction of sp³-hybridized carbons (Fsp3) is 0.545. The number of carbonyl (C=O) groups is 2. The lowest BCUT2D eigenvalue weighted by atomic mass is 10.1. The van der Waals surface area contributed by atoms with Gasteiger partial charge < -0.3 is 16.4 Å². The summed E-state index contributed by atoms with van der Waals surface area (Å²) in [7, 11) is 0. The number of rotatable bonds is 5. The van der Waals surface area contributed by atoms with Gasteiger partial charge in [-0.15, -0.1) is 11.3 Å². The van der Waals surface area contributed by atoms with Crippen molar-refractivity contribution in [2.24, 2.45) is 11.7 Å². The van der Waals surface area contributed by atoms with Crippen LogP contribution in [0.4, 0.5) is 5.13 Å². The average Bonchev–Trinajstić information content (AvgIpc) is 2.70. The Hall–Kier alpha value is -1.47. The minimum Gasteiger partial charge on any atom is -0.346 e. The molecule has 4 N–H and O–H groups in total. The molecule has 1 heterocycles. The molecule has 7 heteroatoms. The van der Waals surface area contributed by atoms with Gasteiger partial charge in [0.1, 0.15) is 0 Å². The Labute approximate surface area is 110 Å². The van der Waals surface area contributed by atoms with Crippen LogP contribution in [-0.2, 0) is 9.59 Å². The van der Waals surface area contributed by atoms with Crippen LogP contribution in [0.2, 0.25) is 0 Å². The molecule has 0 fully saturated rings. The topological polar surface area (TPSA) is 97.1 Å². The maximum atomic E-state index is 11.5. The third-order valence-electron chi connectivity index (χ3n) is 2.31. The molecule has 0 bridgehead atoms. The fourth-order valence-electron chi connectivity index (χ4n) is 1.16. The molecule has 0 radical (unpaired) electrons. The number of anilines is 1. The number of thiazole rings is 1. The predicted octanol–water partition coefficient (Wildman–Crippen LogP) is 0.490. The average molecular weight is 270 g/mol. The molecule has 18 heavy (non-hydrogen) atoms. The normalized spacial score (nSPS) is 12.3. The number of aryl methyl sites for hydroxylation is 1. The first-order valence-corrected chi connectivity index (χ1v) is 6.47. The van der Waals surface area contributed by atoms with Crippen molar-refractivity contribution in [1.29, 1.82) is 0 Å². The molecule has 0 aromatic carbocycles. The van der Waals surface area contributed by atoms with Crippen LogP contribution >= 0.6 is 11.3 Å². The van der Waals surface area contributed by atoms with Gasteiger partial charge in [-0.25, -0.2) is 4.98 Å². The molecular formula is C11H18N4O2S. The van der Waals surface area contributed by atoms with E-state index in [2.05, 4.69) is 15.6 Å². The van der Waals surface area contributed by atoms with Crippen molar-refractivity contribution >= 4 is 28.3 Å². The number of aromatic nitrogens is 1. The minimum absolute atomic E-state index is 0.0367. The van der Waals surface area contributed by atoms with Crippen molar-refractivity contribution in [1.82, 2.24) is 10.3 Å². The van der Waals surface area contributed by atoms with Crippen molar-refractivity contribution in [3.8, 4) is 0 Å². The third-order valence-corrected chi connectivity index (χ3v) is 3.14. The standard InChI is InChI=1S/C11H18N4O2S/c1-6(2)9(12)10(17)13-5-8(16)15-11-14-4-7(3)18-11/h4,6,9H,5,12H2,1-3H3,(H,13,17)(H,14,15,16)/t9-/m0/s1. The van der Waals surface area contributed by atoms with Crippen molar-refractivity contribution in [3.63, 3.8) is 0 Å². The van der Waals surface area contributed by atoms with Gasteiger partial charge in [-0.05, 0) is 12.8 Å². The van der Waals surface area contributed by atoms with Gasteiger partial charge in [-0.1, -0.05) is 13.8 Å². The van der Waals surface area contributed by atoms with E-state index >= 15 is 0 Å². The van der Waals surface area contributed by atoms with E-state index in [-0.39, 0.29) is 24.3 Å². The zero-order chi connectivity index (χ0) is 13.7. The summed E-state index contributed by atoms with van der Waals surface area (Å²) >= 11 is 1.38. The molecule has 0 saturated heterocycles. The van der Waals surface area contributed by atoms with E-state index in [9.17, 15) is 9.59 Å². The molecule has 0 unspecified atom stereocenters. The van der Waals surface area contributed by atoms with Crippen molar-refractivity contribution < 1.29 is 9.59 Å². The first kappa shape index (κ1) is 14.6.